The maximum Gasteiger partial charge on any atom is 0.252 e. The molecule has 1 aliphatic heterocycles. The molecular weight excluding hydrogens is 351 g/mol. The van der Waals surface area contributed by atoms with E-state index in [4.69, 9.17) is 4.74 Å². The Balaban J connectivity index is 1.47. The Kier molecular flexibility index (Phi) is 5.77. The van der Waals surface area contributed by atoms with Crippen LogP contribution in [0.2, 0.25) is 0 Å². The number of hydrogen-bond acceptors (Lipinski definition) is 9. The van der Waals surface area contributed by atoms with Gasteiger partial charge >= 0.3 is 0 Å². The third-order valence-corrected chi connectivity index (χ3v) is 4.48. The predicted molar refractivity (Wildman–Crippen MR) is 109 cm³/mol. The van der Waals surface area contributed by atoms with Crippen molar-refractivity contribution in [2.24, 2.45) is 0 Å². The fourth-order valence-electron chi connectivity index (χ4n) is 2.49. The fraction of sp³-hybridized carbons (Fsp3) is 0.462. The number of rotatable bonds is 7. The fourth-order valence-corrected chi connectivity index (χ4v) is 3.23. The van der Waals surface area contributed by atoms with Gasteiger partial charge in [-0.1, -0.05) is 11.3 Å². The molecule has 3 rings (SSSR count). The van der Waals surface area contributed by atoms with E-state index in [0.717, 1.165) is 25.3 Å². The molecule has 0 radical (unpaired) electrons. The van der Waals surface area contributed by atoms with E-state index in [-0.39, 0.29) is 23.9 Å². The van der Waals surface area contributed by atoms with Crippen LogP contribution in [-0.4, -0.2) is 80.9 Å². The van der Waals surface area contributed by atoms with Crippen molar-refractivity contribution < 1.29 is 9.53 Å². The van der Waals surface area contributed by atoms with Crippen LogP contribution in [0.5, 0.6) is 0 Å². The van der Waals surface area contributed by atoms with Gasteiger partial charge in [0.15, 0.2) is 5.82 Å². The molecule has 3 heterocycles. The third kappa shape index (κ3) is 5.43. The molecule has 134 valence electrons. The summed E-state index contributed by atoms with van der Waals surface area (Å²) in [5, 5.41) is 23.0. The quantitative estimate of drug-likeness (QED) is 0.515. The van der Waals surface area contributed by atoms with Gasteiger partial charge in [-0.05, 0) is 23.9 Å². The van der Waals surface area contributed by atoms with Crippen LogP contribution in [0.25, 0.3) is 0 Å². The van der Waals surface area contributed by atoms with Crippen LogP contribution in [0, 0.1) is 0 Å². The Bertz CT molecular complexity index is 743. The maximum absolute atomic E-state index is 11.9. The van der Waals surface area contributed by atoms with E-state index >= 15 is 0 Å². The molecule has 0 aromatic carbocycles. The lowest BCUT2D eigenvalue weighted by atomic mass is 9.52. The lowest BCUT2D eigenvalue weighted by Gasteiger charge is -2.18. The summed E-state index contributed by atoms with van der Waals surface area (Å²) in [7, 11) is 5.71. The van der Waals surface area contributed by atoms with E-state index in [9.17, 15) is 4.79 Å². The summed E-state index contributed by atoms with van der Waals surface area (Å²) in [6.07, 6.45) is 2.64. The van der Waals surface area contributed by atoms with Gasteiger partial charge < -0.3 is 15.0 Å². The van der Waals surface area contributed by atoms with Crippen molar-refractivity contribution in [3.63, 3.8) is 0 Å². The van der Waals surface area contributed by atoms with Gasteiger partial charge in [-0.15, -0.1) is 15.3 Å². The standard InChI is InChI=1S/C13H20B3N7O2S/c14-13(15,16)25-7-10(24)19-12-22-21-11(26-12)18-8-3-5-23(6-8)9-2-1-4-17-20-9/h1-2,4,8H,3,5-7,14-16H2,(H,18,21)(H,19,22,24)/t8-/m1/s1. The van der Waals surface area contributed by atoms with Crippen LogP contribution in [0.3, 0.4) is 0 Å². The summed E-state index contributed by atoms with van der Waals surface area (Å²) >= 11 is 1.31. The zero-order valence-electron chi connectivity index (χ0n) is 15.1. The first-order chi connectivity index (χ1) is 12.4. The Morgan fingerprint density at radius 3 is 2.88 bits per heavy atom. The lowest BCUT2D eigenvalue weighted by Crippen LogP contribution is -2.37. The van der Waals surface area contributed by atoms with Crippen LogP contribution in [-0.2, 0) is 9.53 Å². The minimum Gasteiger partial charge on any atom is -0.391 e. The predicted octanol–water partition coefficient (Wildman–Crippen LogP) is -2.52. The van der Waals surface area contributed by atoms with E-state index in [0.29, 0.717) is 10.3 Å². The molecule has 9 nitrogen and oxygen atoms in total. The summed E-state index contributed by atoms with van der Waals surface area (Å²) in [6.45, 7) is 1.71. The average molecular weight is 371 g/mol. The number of amides is 1. The van der Waals surface area contributed by atoms with Crippen molar-refractivity contribution in [1.82, 2.24) is 20.4 Å². The second-order valence-corrected chi connectivity index (χ2v) is 8.00. The van der Waals surface area contributed by atoms with Gasteiger partial charge in [0, 0.05) is 25.3 Å². The normalized spacial score (nSPS) is 17.2. The van der Waals surface area contributed by atoms with Crippen molar-refractivity contribution in [1.29, 1.82) is 0 Å². The van der Waals surface area contributed by atoms with Gasteiger partial charge in [-0.3, -0.25) is 10.1 Å². The third-order valence-electron chi connectivity index (χ3n) is 3.71. The number of nitrogens with zero attached hydrogens (tertiary/aromatic N) is 5. The smallest absolute Gasteiger partial charge is 0.252 e. The molecule has 1 fully saturated rings. The van der Waals surface area contributed by atoms with E-state index < -0.39 is 0 Å². The maximum atomic E-state index is 11.9. The largest absolute Gasteiger partial charge is 0.391 e. The van der Waals surface area contributed by atoms with E-state index in [1.165, 1.54) is 11.3 Å². The summed E-state index contributed by atoms with van der Waals surface area (Å²) in [5.74, 6) is 0.637. The zero-order chi connectivity index (χ0) is 18.6. The van der Waals surface area contributed by atoms with Gasteiger partial charge in [-0.25, -0.2) is 0 Å². The number of nitrogens with one attached hydrogen (secondary N) is 2. The van der Waals surface area contributed by atoms with Crippen LogP contribution in [0.15, 0.2) is 18.3 Å². The molecule has 0 bridgehead atoms. The van der Waals surface area contributed by atoms with Crippen LogP contribution < -0.4 is 15.5 Å². The molecule has 2 aromatic heterocycles. The number of aromatic nitrogens is 4. The topological polar surface area (TPSA) is 105 Å². The Hall–Kier alpha value is -2.14. The van der Waals surface area contributed by atoms with E-state index in [1.807, 2.05) is 35.7 Å². The highest BCUT2D eigenvalue weighted by atomic mass is 32.1. The van der Waals surface area contributed by atoms with Gasteiger partial charge in [0.1, 0.15) is 30.1 Å². The van der Waals surface area contributed by atoms with Crippen molar-refractivity contribution in [2.75, 3.05) is 35.2 Å². The first-order valence-electron chi connectivity index (χ1n) is 8.45. The number of carbonyl (C=O) groups excluding carboxylic acids is 1. The Morgan fingerprint density at radius 2 is 2.15 bits per heavy atom. The van der Waals surface area contributed by atoms with Crippen molar-refractivity contribution >= 4 is 56.9 Å². The first kappa shape index (κ1) is 18.6. The molecule has 26 heavy (non-hydrogen) atoms. The SMILES string of the molecule is BC(B)(B)OCC(=O)Nc1nnc(N[C@@H]2CCN(c3cccnn3)C2)s1. The summed E-state index contributed by atoms with van der Waals surface area (Å²) in [6, 6.07) is 4.08. The zero-order valence-corrected chi connectivity index (χ0v) is 15.9. The highest BCUT2D eigenvalue weighted by Crippen LogP contribution is 2.24. The molecular formula is C13H20B3N7O2S. The molecule has 2 N–H and O–H groups in total. The van der Waals surface area contributed by atoms with Gasteiger partial charge in [0.2, 0.25) is 10.3 Å². The molecule has 0 spiro atoms. The van der Waals surface area contributed by atoms with Crippen molar-refractivity contribution in [3.05, 3.63) is 18.3 Å². The monoisotopic (exact) mass is 371 g/mol. The van der Waals surface area contributed by atoms with Crippen LogP contribution >= 0.6 is 11.3 Å². The first-order valence-corrected chi connectivity index (χ1v) is 9.27. The number of anilines is 3. The van der Waals surface area contributed by atoms with Gasteiger partial charge in [0.05, 0.1) is 0 Å². The molecule has 0 saturated carbocycles. The van der Waals surface area contributed by atoms with Crippen LogP contribution in [0.1, 0.15) is 6.42 Å². The van der Waals surface area contributed by atoms with Gasteiger partial charge in [-0.2, -0.15) is 5.10 Å². The molecule has 0 aliphatic carbocycles. The summed E-state index contributed by atoms with van der Waals surface area (Å²) in [5.41, 5.74) is 0. The average Bonchev–Trinajstić information content (AvgIpc) is 3.23. The Morgan fingerprint density at radius 1 is 1.35 bits per heavy atom. The number of ether oxygens (including phenoxy) is 1. The number of hydrogen-bond donors (Lipinski definition) is 2. The molecule has 1 saturated heterocycles. The minimum atomic E-state index is -0.358. The molecule has 1 amide bonds. The summed E-state index contributed by atoms with van der Waals surface area (Å²) < 4.78 is 5.44. The number of carbonyl (C=O) groups is 1. The highest BCUT2D eigenvalue weighted by Gasteiger charge is 2.24. The van der Waals surface area contributed by atoms with Crippen molar-refractivity contribution in [3.8, 4) is 0 Å². The lowest BCUT2D eigenvalue weighted by molar-refractivity contribution is -0.120. The molecule has 0 unspecified atom stereocenters. The second-order valence-electron chi connectivity index (χ2n) is 7.02. The highest BCUT2D eigenvalue weighted by molar-refractivity contribution is 7.19. The summed E-state index contributed by atoms with van der Waals surface area (Å²) in [4.78, 5) is 14.1. The molecule has 13 heteroatoms. The molecule has 1 atom stereocenters. The minimum absolute atomic E-state index is 0.0124. The second kappa shape index (κ2) is 8.04. The molecule has 1 aliphatic rings. The van der Waals surface area contributed by atoms with E-state index in [1.54, 1.807) is 6.20 Å². The van der Waals surface area contributed by atoms with E-state index in [2.05, 4.69) is 35.9 Å². The van der Waals surface area contributed by atoms with Crippen molar-refractivity contribution in [2.45, 2.75) is 17.8 Å². The molecule has 2 aromatic rings. The van der Waals surface area contributed by atoms with Gasteiger partial charge in [0.25, 0.3) is 5.91 Å². The Labute approximate surface area is 158 Å². The van der Waals surface area contributed by atoms with Crippen LogP contribution in [0.4, 0.5) is 16.1 Å².